The van der Waals surface area contributed by atoms with E-state index in [0.717, 1.165) is 12.1 Å². The van der Waals surface area contributed by atoms with E-state index in [1.807, 2.05) is 0 Å². The summed E-state index contributed by atoms with van der Waals surface area (Å²) >= 11 is 0. The molecule has 0 bridgehead atoms. The molecule has 2 aromatic heterocycles. The Morgan fingerprint density at radius 3 is 2.76 bits per heavy atom. The summed E-state index contributed by atoms with van der Waals surface area (Å²) < 4.78 is 44.3. The number of nitrogens with one attached hydrogen (secondary N) is 1. The molecule has 2 heterocycles. The summed E-state index contributed by atoms with van der Waals surface area (Å²) in [6.07, 6.45) is -4.49. The first kappa shape index (κ1) is 20.0. The second-order valence-electron chi connectivity index (χ2n) is 5.96. The zero-order valence-electron chi connectivity index (χ0n) is 14.8. The van der Waals surface area contributed by atoms with Crippen LogP contribution >= 0.6 is 0 Å². The monoisotopic (exact) mass is 410 g/mol. The van der Waals surface area contributed by atoms with Crippen molar-refractivity contribution < 1.29 is 27.4 Å². The van der Waals surface area contributed by atoms with Crippen molar-refractivity contribution in [3.05, 3.63) is 69.0 Å². The summed E-state index contributed by atoms with van der Waals surface area (Å²) in [6.45, 7) is 1.36. The van der Waals surface area contributed by atoms with Gasteiger partial charge in [-0.2, -0.15) is 22.8 Å². The van der Waals surface area contributed by atoms with Gasteiger partial charge in [-0.3, -0.25) is 4.79 Å². The second-order valence-corrected chi connectivity index (χ2v) is 5.96. The summed E-state index contributed by atoms with van der Waals surface area (Å²) in [5, 5.41) is 20.5. The molecule has 0 radical (unpaired) electrons. The van der Waals surface area contributed by atoms with Crippen molar-refractivity contribution in [1.29, 1.82) is 0 Å². The van der Waals surface area contributed by atoms with E-state index < -0.39 is 28.5 Å². The van der Waals surface area contributed by atoms with Crippen LogP contribution in [0.25, 0.3) is 0 Å². The maximum Gasteiger partial charge on any atom is 0.416 e. The highest BCUT2D eigenvalue weighted by atomic mass is 19.4. The van der Waals surface area contributed by atoms with Crippen molar-refractivity contribution >= 4 is 11.7 Å². The number of carbonyl (C=O) groups excluding carboxylic acids is 1. The maximum absolute atomic E-state index is 12.7. The fourth-order valence-electron chi connectivity index (χ4n) is 2.40. The lowest BCUT2D eigenvalue weighted by atomic mass is 10.1. The molecule has 1 N–H and O–H groups in total. The number of rotatable bonds is 6. The summed E-state index contributed by atoms with van der Waals surface area (Å²) in [5.41, 5.74) is -0.0996. The fraction of sp³-hybridized carbons (Fsp3) is 0.250. The topological polar surface area (TPSA) is 129 Å². The van der Waals surface area contributed by atoms with Crippen LogP contribution in [0.3, 0.4) is 0 Å². The van der Waals surface area contributed by atoms with Crippen LogP contribution < -0.4 is 5.32 Å². The Kier molecular flexibility index (Phi) is 5.30. The first-order chi connectivity index (χ1) is 13.6. The SMILES string of the molecule is Cc1cc([N+](=O)[O-])nn1Cc1noc(C(=O)NCc2cccc(C(F)(F)F)c2)n1. The van der Waals surface area contributed by atoms with Gasteiger partial charge in [0.2, 0.25) is 0 Å². The van der Waals surface area contributed by atoms with Crippen LogP contribution in [0.5, 0.6) is 0 Å². The molecule has 0 saturated heterocycles. The van der Waals surface area contributed by atoms with Gasteiger partial charge in [0.15, 0.2) is 5.82 Å². The minimum atomic E-state index is -4.49. The van der Waals surface area contributed by atoms with Gasteiger partial charge >= 0.3 is 23.8 Å². The molecule has 0 fully saturated rings. The van der Waals surface area contributed by atoms with Gasteiger partial charge in [0.05, 0.1) is 22.4 Å². The van der Waals surface area contributed by atoms with E-state index in [1.165, 1.54) is 22.9 Å². The molecule has 13 heteroatoms. The molecule has 0 aliphatic heterocycles. The second kappa shape index (κ2) is 7.69. The van der Waals surface area contributed by atoms with E-state index >= 15 is 0 Å². The van der Waals surface area contributed by atoms with E-state index in [2.05, 4.69) is 20.6 Å². The fourth-order valence-corrected chi connectivity index (χ4v) is 2.40. The molecule has 10 nitrogen and oxygen atoms in total. The minimum absolute atomic E-state index is 0.0512. The first-order valence-corrected chi connectivity index (χ1v) is 8.09. The highest BCUT2D eigenvalue weighted by molar-refractivity contribution is 5.89. The molecule has 0 unspecified atom stereocenters. The molecule has 1 aromatic carbocycles. The summed E-state index contributed by atoms with van der Waals surface area (Å²) in [7, 11) is 0. The van der Waals surface area contributed by atoms with Crippen molar-refractivity contribution in [2.24, 2.45) is 0 Å². The third-order valence-electron chi connectivity index (χ3n) is 3.82. The van der Waals surface area contributed by atoms with Crippen LogP contribution in [0.1, 0.15) is 33.3 Å². The third kappa shape index (κ3) is 4.75. The van der Waals surface area contributed by atoms with Crippen LogP contribution in [-0.2, 0) is 19.3 Å². The van der Waals surface area contributed by atoms with E-state index in [-0.39, 0.29) is 30.3 Å². The molecular weight excluding hydrogens is 397 g/mol. The largest absolute Gasteiger partial charge is 0.416 e. The van der Waals surface area contributed by atoms with E-state index in [4.69, 9.17) is 4.52 Å². The molecule has 0 saturated carbocycles. The van der Waals surface area contributed by atoms with Gasteiger partial charge in [0.1, 0.15) is 6.54 Å². The molecule has 0 aliphatic rings. The summed E-state index contributed by atoms with van der Waals surface area (Å²) in [5.74, 6) is -1.46. The van der Waals surface area contributed by atoms with Crippen LogP contribution in [0, 0.1) is 17.0 Å². The van der Waals surface area contributed by atoms with E-state index in [1.54, 1.807) is 6.92 Å². The van der Waals surface area contributed by atoms with Crippen LogP contribution in [-0.4, -0.2) is 30.8 Å². The molecular formula is C16H13F3N6O4. The van der Waals surface area contributed by atoms with Crippen molar-refractivity contribution in [1.82, 2.24) is 25.2 Å². The Bertz CT molecular complexity index is 1060. The van der Waals surface area contributed by atoms with E-state index in [0.29, 0.717) is 5.69 Å². The Morgan fingerprint density at radius 1 is 1.34 bits per heavy atom. The highest BCUT2D eigenvalue weighted by Crippen LogP contribution is 2.29. The average Bonchev–Trinajstić information content (AvgIpc) is 3.27. The molecule has 1 amide bonds. The Morgan fingerprint density at radius 2 is 2.10 bits per heavy atom. The predicted octanol–water partition coefficient (Wildman–Crippen LogP) is 2.48. The molecule has 0 atom stereocenters. The Balaban J connectivity index is 1.63. The van der Waals surface area contributed by atoms with Gasteiger partial charge in [-0.05, 0) is 29.5 Å². The van der Waals surface area contributed by atoms with Gasteiger partial charge in [0.25, 0.3) is 0 Å². The molecule has 3 rings (SSSR count). The summed E-state index contributed by atoms with van der Waals surface area (Å²) in [4.78, 5) is 26.0. The zero-order valence-corrected chi connectivity index (χ0v) is 14.8. The van der Waals surface area contributed by atoms with Gasteiger partial charge in [-0.1, -0.05) is 17.3 Å². The van der Waals surface area contributed by atoms with Gasteiger partial charge in [-0.15, -0.1) is 0 Å². The smallest absolute Gasteiger partial charge is 0.358 e. The van der Waals surface area contributed by atoms with E-state index in [9.17, 15) is 28.1 Å². The number of amides is 1. The van der Waals surface area contributed by atoms with Crippen molar-refractivity contribution in [2.75, 3.05) is 0 Å². The molecule has 152 valence electrons. The normalized spacial score (nSPS) is 11.4. The lowest BCUT2D eigenvalue weighted by molar-refractivity contribution is -0.389. The number of hydrogen-bond acceptors (Lipinski definition) is 7. The number of nitrogens with zero attached hydrogens (tertiary/aromatic N) is 5. The molecule has 3 aromatic rings. The van der Waals surface area contributed by atoms with Gasteiger partial charge in [0, 0.05) is 6.54 Å². The standard InChI is InChI=1S/C16H13F3N6O4/c1-9-5-13(25(27)28)22-24(9)8-12-21-15(29-23-12)14(26)20-7-10-3-2-4-11(6-10)16(17,18)19/h2-6H,7-8H2,1H3,(H,20,26). The van der Waals surface area contributed by atoms with Crippen molar-refractivity contribution in [3.8, 4) is 0 Å². The van der Waals surface area contributed by atoms with Gasteiger partial charge in [-0.25, -0.2) is 0 Å². The van der Waals surface area contributed by atoms with Gasteiger partial charge < -0.3 is 20.0 Å². The number of carbonyl (C=O) groups is 1. The molecule has 0 aliphatic carbocycles. The number of halogens is 3. The number of hydrogen-bond donors (Lipinski definition) is 1. The predicted molar refractivity (Wildman–Crippen MR) is 89.6 cm³/mol. The van der Waals surface area contributed by atoms with Crippen molar-refractivity contribution in [2.45, 2.75) is 26.2 Å². The van der Waals surface area contributed by atoms with Crippen LogP contribution in [0.4, 0.5) is 19.0 Å². The molecule has 0 spiro atoms. The number of nitro groups is 1. The lowest BCUT2D eigenvalue weighted by Gasteiger charge is -2.08. The Hall–Kier alpha value is -3.77. The number of aryl methyl sites for hydroxylation is 1. The van der Waals surface area contributed by atoms with Crippen LogP contribution in [0.15, 0.2) is 34.9 Å². The van der Waals surface area contributed by atoms with Crippen LogP contribution in [0.2, 0.25) is 0 Å². The molecule has 29 heavy (non-hydrogen) atoms. The number of benzene rings is 1. The van der Waals surface area contributed by atoms with Crippen molar-refractivity contribution in [3.63, 3.8) is 0 Å². The Labute approximate surface area is 160 Å². The quantitative estimate of drug-likeness (QED) is 0.488. The lowest BCUT2D eigenvalue weighted by Crippen LogP contribution is -2.23. The average molecular weight is 410 g/mol. The highest BCUT2D eigenvalue weighted by Gasteiger charge is 2.30. The third-order valence-corrected chi connectivity index (χ3v) is 3.82. The zero-order chi connectivity index (χ0) is 21.2. The maximum atomic E-state index is 12.7. The number of aromatic nitrogens is 4. The summed E-state index contributed by atoms with van der Waals surface area (Å²) in [6, 6.07) is 5.79. The first-order valence-electron chi connectivity index (χ1n) is 8.09. The minimum Gasteiger partial charge on any atom is -0.358 e. The number of alkyl halides is 3.